The number of thiocarbonyl (C=S) groups is 1. The smallest absolute Gasteiger partial charge is 0.493 e. The monoisotopic (exact) mass is 497 g/mol. The van der Waals surface area contributed by atoms with Crippen LogP contribution in [-0.4, -0.2) is 29.4 Å². The van der Waals surface area contributed by atoms with Crippen molar-refractivity contribution >= 4 is 28.2 Å². The molecule has 0 unspecified atom stereocenters. The Bertz CT molecular complexity index is 1300. The molecule has 0 N–H and O–H groups in total. The third-order valence-corrected chi connectivity index (χ3v) is 5.18. The van der Waals surface area contributed by atoms with Crippen LogP contribution in [0.1, 0.15) is 25.1 Å². The molecule has 0 aliphatic carbocycles. The summed E-state index contributed by atoms with van der Waals surface area (Å²) in [5.74, 6) is -0.134. The molecule has 4 rings (SSSR count). The fraction of sp³-hybridized carbons (Fsp3) is 0.304. The summed E-state index contributed by atoms with van der Waals surface area (Å²) in [5, 5.41) is 0.888. The van der Waals surface area contributed by atoms with Crippen LogP contribution in [0.15, 0.2) is 30.3 Å². The molecular weight excluding hydrogens is 478 g/mol. The molecule has 0 radical (unpaired) electrons. The van der Waals surface area contributed by atoms with E-state index in [9.17, 15) is 17.6 Å². The van der Waals surface area contributed by atoms with E-state index in [1.807, 2.05) is 13.8 Å². The molecule has 1 aliphatic heterocycles. The Morgan fingerprint density at radius 2 is 1.71 bits per heavy atom. The number of fused-ring (bicyclic) bond motifs is 2. The van der Waals surface area contributed by atoms with Gasteiger partial charge in [-0.3, -0.25) is 4.98 Å². The van der Waals surface area contributed by atoms with Crippen molar-refractivity contribution in [3.05, 3.63) is 41.6 Å². The first-order valence-electron chi connectivity index (χ1n) is 10.1. The largest absolute Gasteiger partial charge is 0.507 e. The number of hydrogen-bond donors (Lipinski definition) is 0. The third-order valence-electron chi connectivity index (χ3n) is 5.09. The van der Waals surface area contributed by atoms with Gasteiger partial charge in [0.05, 0.1) is 12.6 Å². The summed E-state index contributed by atoms with van der Waals surface area (Å²) in [5.41, 5.74) is 2.19. The molecule has 0 atom stereocenters. The lowest BCUT2D eigenvalue weighted by atomic mass is 10.1. The number of alkyl halides is 4. The maximum atomic E-state index is 13.6. The maximum Gasteiger partial charge on any atom is 0.507 e. The number of rotatable bonds is 5. The zero-order valence-electron chi connectivity index (χ0n) is 18.5. The molecule has 0 saturated carbocycles. The molecule has 180 valence electrons. The summed E-state index contributed by atoms with van der Waals surface area (Å²) in [7, 11) is 1.42. The van der Waals surface area contributed by atoms with Crippen LogP contribution in [0, 0.1) is 6.92 Å². The second-order valence-corrected chi connectivity index (χ2v) is 8.00. The molecule has 1 aliphatic rings. The molecule has 11 heteroatoms. The van der Waals surface area contributed by atoms with Gasteiger partial charge in [-0.05, 0) is 43.8 Å². The number of aryl methyl sites for hydroxylation is 1. The lowest BCUT2D eigenvalue weighted by molar-refractivity contribution is -0.391. The van der Waals surface area contributed by atoms with E-state index >= 15 is 0 Å². The number of aromatic nitrogens is 1. The minimum Gasteiger partial charge on any atom is -0.493 e. The third kappa shape index (κ3) is 4.15. The van der Waals surface area contributed by atoms with Crippen molar-refractivity contribution in [1.82, 2.24) is 4.98 Å². The fourth-order valence-corrected chi connectivity index (χ4v) is 3.57. The summed E-state index contributed by atoms with van der Waals surface area (Å²) < 4.78 is 79.3. The van der Waals surface area contributed by atoms with E-state index in [1.54, 1.807) is 19.1 Å². The van der Waals surface area contributed by atoms with E-state index in [0.29, 0.717) is 33.9 Å². The first kappa shape index (κ1) is 23.8. The van der Waals surface area contributed by atoms with E-state index in [-0.39, 0.29) is 11.5 Å². The van der Waals surface area contributed by atoms with Crippen molar-refractivity contribution in [2.24, 2.45) is 0 Å². The predicted octanol–water partition coefficient (Wildman–Crippen LogP) is 6.59. The normalized spacial score (nSPS) is 15.6. The van der Waals surface area contributed by atoms with E-state index in [4.69, 9.17) is 26.4 Å². The van der Waals surface area contributed by atoms with Gasteiger partial charge in [-0.25, -0.2) is 0 Å². The summed E-state index contributed by atoms with van der Waals surface area (Å²) in [6.07, 6.45) is -8.98. The number of halogens is 4. The van der Waals surface area contributed by atoms with Gasteiger partial charge in [0.15, 0.2) is 28.0 Å². The lowest BCUT2D eigenvalue weighted by Crippen LogP contribution is -2.52. The standard InChI is InChI=1S/C23H19F4NO5S/c1-5-15-11(2)21(30-12(3)34)14-9-19(18(29-4)10-16(14)28-15)31-13-6-7-17-20(8-13)33-23(26,27)22(24,25)32-17/h6-10H,5H2,1-4H3. The molecule has 3 aromatic rings. The number of ether oxygens (including phenoxy) is 5. The number of hydrogen-bond acceptors (Lipinski definition) is 7. The zero-order valence-corrected chi connectivity index (χ0v) is 19.3. The predicted molar refractivity (Wildman–Crippen MR) is 119 cm³/mol. The van der Waals surface area contributed by atoms with Crippen molar-refractivity contribution in [3.63, 3.8) is 0 Å². The van der Waals surface area contributed by atoms with Crippen molar-refractivity contribution in [3.8, 4) is 34.5 Å². The van der Waals surface area contributed by atoms with Crippen molar-refractivity contribution < 1.29 is 41.2 Å². The van der Waals surface area contributed by atoms with Crippen molar-refractivity contribution in [2.45, 2.75) is 39.4 Å². The Balaban J connectivity index is 1.79. The molecule has 0 fully saturated rings. The minimum atomic E-state index is -4.84. The van der Waals surface area contributed by atoms with E-state index in [1.165, 1.54) is 13.2 Å². The van der Waals surface area contributed by atoms with Crippen LogP contribution in [0.4, 0.5) is 17.6 Å². The van der Waals surface area contributed by atoms with Gasteiger partial charge in [0.25, 0.3) is 0 Å². The maximum absolute atomic E-state index is 13.6. The first-order chi connectivity index (χ1) is 16.0. The Hall–Kier alpha value is -3.34. The Morgan fingerprint density at radius 1 is 1.03 bits per heavy atom. The number of benzene rings is 2. The molecule has 0 spiro atoms. The average molecular weight is 497 g/mol. The van der Waals surface area contributed by atoms with E-state index in [2.05, 4.69) is 14.5 Å². The molecule has 0 amide bonds. The minimum absolute atomic E-state index is 0.0179. The van der Waals surface area contributed by atoms with Crippen LogP contribution in [-0.2, 0) is 6.42 Å². The van der Waals surface area contributed by atoms with E-state index < -0.39 is 23.7 Å². The van der Waals surface area contributed by atoms with Gasteiger partial charge in [0.1, 0.15) is 11.5 Å². The molecule has 2 aromatic carbocycles. The van der Waals surface area contributed by atoms with Crippen LogP contribution in [0.2, 0.25) is 0 Å². The van der Waals surface area contributed by atoms with Crippen LogP contribution in [0.3, 0.4) is 0 Å². The highest BCUT2D eigenvalue weighted by Gasteiger charge is 2.66. The summed E-state index contributed by atoms with van der Waals surface area (Å²) in [4.78, 5) is 4.66. The van der Waals surface area contributed by atoms with Crippen molar-refractivity contribution in [1.29, 1.82) is 0 Å². The molecule has 34 heavy (non-hydrogen) atoms. The Kier molecular flexibility index (Phi) is 5.92. The second kappa shape index (κ2) is 8.46. The average Bonchev–Trinajstić information content (AvgIpc) is 2.75. The molecule has 0 saturated heterocycles. The van der Waals surface area contributed by atoms with Crippen LogP contribution >= 0.6 is 12.2 Å². The topological polar surface area (TPSA) is 59.0 Å². The summed E-state index contributed by atoms with van der Waals surface area (Å²) >= 11 is 5.12. The second-order valence-electron chi connectivity index (χ2n) is 7.43. The quantitative estimate of drug-likeness (QED) is 0.291. The molecule has 2 heterocycles. The summed E-state index contributed by atoms with van der Waals surface area (Å²) in [6.45, 7) is 5.47. The van der Waals surface area contributed by atoms with Gasteiger partial charge in [-0.15, -0.1) is 0 Å². The number of pyridine rings is 1. The highest BCUT2D eigenvalue weighted by Crippen LogP contribution is 2.49. The van der Waals surface area contributed by atoms with Gasteiger partial charge >= 0.3 is 12.2 Å². The van der Waals surface area contributed by atoms with Crippen molar-refractivity contribution in [2.75, 3.05) is 7.11 Å². The van der Waals surface area contributed by atoms with Crippen LogP contribution in [0.25, 0.3) is 10.9 Å². The molecule has 0 bridgehead atoms. The summed E-state index contributed by atoms with van der Waals surface area (Å²) in [6, 6.07) is 6.59. The first-order valence-corrected chi connectivity index (χ1v) is 10.5. The molecular formula is C23H19F4NO5S. The molecule has 6 nitrogen and oxygen atoms in total. The fourth-order valence-electron chi connectivity index (χ4n) is 3.48. The Morgan fingerprint density at radius 3 is 2.32 bits per heavy atom. The SMILES string of the molecule is CCc1nc2cc(OC)c(Oc3ccc4c(c3)OC(F)(F)C(F)(F)O4)cc2c(OC(C)=S)c1C. The Labute approximate surface area is 197 Å². The van der Waals surface area contributed by atoms with Gasteiger partial charge in [0, 0.05) is 35.7 Å². The number of nitrogens with zero attached hydrogens (tertiary/aromatic N) is 1. The van der Waals surface area contributed by atoms with Crippen LogP contribution < -0.4 is 23.7 Å². The van der Waals surface area contributed by atoms with Gasteiger partial charge in [-0.2, -0.15) is 17.6 Å². The van der Waals surface area contributed by atoms with E-state index in [0.717, 1.165) is 23.4 Å². The van der Waals surface area contributed by atoms with Gasteiger partial charge in [-0.1, -0.05) is 6.92 Å². The zero-order chi connectivity index (χ0) is 24.8. The van der Waals surface area contributed by atoms with Crippen LogP contribution in [0.5, 0.6) is 34.5 Å². The number of methoxy groups -OCH3 is 1. The highest BCUT2D eigenvalue weighted by atomic mass is 32.1. The lowest BCUT2D eigenvalue weighted by Gasteiger charge is -2.31. The van der Waals surface area contributed by atoms with Gasteiger partial charge < -0.3 is 23.7 Å². The highest BCUT2D eigenvalue weighted by molar-refractivity contribution is 7.80. The molecule has 1 aromatic heterocycles. The van der Waals surface area contributed by atoms with Gasteiger partial charge in [0.2, 0.25) is 0 Å².